The van der Waals surface area contributed by atoms with E-state index < -0.39 is 11.9 Å². The number of nitrogens with one attached hydrogen (secondary N) is 2. The zero-order valence-corrected chi connectivity index (χ0v) is 19.0. The number of benzene rings is 2. The summed E-state index contributed by atoms with van der Waals surface area (Å²) in [7, 11) is 3.01. The molecule has 8 nitrogen and oxygen atoms in total. The lowest BCUT2D eigenvalue weighted by Crippen LogP contribution is -2.34. The molecule has 1 aromatic heterocycles. The molecule has 0 spiro atoms. The van der Waals surface area contributed by atoms with Crippen LogP contribution in [0.2, 0.25) is 0 Å². The minimum absolute atomic E-state index is 0.0956. The van der Waals surface area contributed by atoms with Gasteiger partial charge in [0, 0.05) is 5.56 Å². The van der Waals surface area contributed by atoms with Gasteiger partial charge < -0.3 is 19.5 Å². The molecule has 3 rings (SSSR count). The third kappa shape index (κ3) is 5.47. The predicted molar refractivity (Wildman–Crippen MR) is 123 cm³/mol. The fourth-order valence-electron chi connectivity index (χ4n) is 2.67. The van der Waals surface area contributed by atoms with E-state index in [0.29, 0.717) is 33.3 Å². The van der Waals surface area contributed by atoms with Crippen LogP contribution < -0.4 is 20.1 Å². The van der Waals surface area contributed by atoms with Gasteiger partial charge in [-0.2, -0.15) is 0 Å². The summed E-state index contributed by atoms with van der Waals surface area (Å²) in [5.74, 6) is 0.161. The molecule has 0 saturated heterocycles. The Bertz CT molecular complexity index is 1140. The van der Waals surface area contributed by atoms with Crippen LogP contribution in [0.1, 0.15) is 34.6 Å². The van der Waals surface area contributed by atoms with Crippen molar-refractivity contribution in [3.63, 3.8) is 0 Å². The number of amides is 1. The molecule has 0 aliphatic rings. The molecule has 0 aliphatic heterocycles. The number of aromatic nitrogens is 1. The summed E-state index contributed by atoms with van der Waals surface area (Å²) in [6.45, 7) is 3.59. The third-order valence-corrected chi connectivity index (χ3v) is 5.20. The molecule has 0 bridgehead atoms. The van der Waals surface area contributed by atoms with E-state index in [0.717, 1.165) is 4.70 Å². The van der Waals surface area contributed by atoms with Gasteiger partial charge in [0.2, 0.25) is 0 Å². The highest BCUT2D eigenvalue weighted by Gasteiger charge is 2.15. The van der Waals surface area contributed by atoms with E-state index in [1.54, 1.807) is 50.2 Å². The van der Waals surface area contributed by atoms with Gasteiger partial charge in [-0.3, -0.25) is 10.1 Å². The Morgan fingerprint density at radius 1 is 1.03 bits per heavy atom. The number of rotatable bonds is 6. The van der Waals surface area contributed by atoms with Crippen LogP contribution in [0.25, 0.3) is 10.2 Å². The van der Waals surface area contributed by atoms with Crippen LogP contribution >= 0.6 is 23.6 Å². The number of anilines is 1. The van der Waals surface area contributed by atoms with E-state index in [1.165, 1.54) is 25.6 Å². The molecule has 0 radical (unpaired) electrons. The second-order valence-corrected chi connectivity index (χ2v) is 8.07. The van der Waals surface area contributed by atoms with Gasteiger partial charge in [-0.1, -0.05) is 11.3 Å². The van der Waals surface area contributed by atoms with Crippen LogP contribution in [0.3, 0.4) is 0 Å². The first kappa shape index (κ1) is 22.4. The molecule has 162 valence electrons. The van der Waals surface area contributed by atoms with Gasteiger partial charge in [0.1, 0.15) is 0 Å². The number of nitrogens with zero attached hydrogens (tertiary/aromatic N) is 1. The molecular weight excluding hydrogens is 438 g/mol. The fourth-order valence-corrected chi connectivity index (χ4v) is 3.83. The largest absolute Gasteiger partial charge is 0.493 e. The summed E-state index contributed by atoms with van der Waals surface area (Å²) in [6, 6.07) is 9.92. The molecular formula is C21H21N3O5S2. The number of hydrogen-bond donors (Lipinski definition) is 2. The summed E-state index contributed by atoms with van der Waals surface area (Å²) < 4.78 is 16.4. The van der Waals surface area contributed by atoms with E-state index in [2.05, 4.69) is 15.6 Å². The molecule has 1 heterocycles. The van der Waals surface area contributed by atoms with E-state index >= 15 is 0 Å². The molecule has 0 unspecified atom stereocenters. The molecule has 0 saturated carbocycles. The molecule has 0 atom stereocenters. The molecule has 1 amide bonds. The maximum absolute atomic E-state index is 12.5. The summed E-state index contributed by atoms with van der Waals surface area (Å²) in [5.41, 5.74) is 1.50. The van der Waals surface area contributed by atoms with E-state index in [-0.39, 0.29) is 11.2 Å². The quantitative estimate of drug-likeness (QED) is 0.422. The predicted octanol–water partition coefficient (Wildman–Crippen LogP) is 4.01. The van der Waals surface area contributed by atoms with Crippen molar-refractivity contribution in [3.05, 3.63) is 47.5 Å². The Morgan fingerprint density at radius 2 is 1.74 bits per heavy atom. The normalized spacial score (nSPS) is 10.6. The Balaban J connectivity index is 1.68. The van der Waals surface area contributed by atoms with Crippen LogP contribution in [0.5, 0.6) is 11.5 Å². The summed E-state index contributed by atoms with van der Waals surface area (Å²) in [5, 5.41) is 6.09. The highest BCUT2D eigenvalue weighted by Crippen LogP contribution is 2.28. The first-order chi connectivity index (χ1) is 14.8. The minimum Gasteiger partial charge on any atom is -0.493 e. The van der Waals surface area contributed by atoms with Crippen molar-refractivity contribution in [2.24, 2.45) is 0 Å². The van der Waals surface area contributed by atoms with E-state index in [9.17, 15) is 9.59 Å². The average Bonchev–Trinajstić information content (AvgIpc) is 3.13. The summed E-state index contributed by atoms with van der Waals surface area (Å²) in [6.07, 6.45) is -0.200. The number of methoxy groups -OCH3 is 2. The summed E-state index contributed by atoms with van der Waals surface area (Å²) in [4.78, 5) is 29.0. The smallest absolute Gasteiger partial charge is 0.338 e. The van der Waals surface area contributed by atoms with Crippen molar-refractivity contribution in [2.45, 2.75) is 20.0 Å². The first-order valence-electron chi connectivity index (χ1n) is 9.26. The summed E-state index contributed by atoms with van der Waals surface area (Å²) >= 11 is 6.54. The number of thiocarbonyl (C=S) groups is 1. The van der Waals surface area contributed by atoms with E-state index in [4.69, 9.17) is 26.4 Å². The Kier molecular flexibility index (Phi) is 7.03. The molecule has 2 N–H and O–H groups in total. The number of fused-ring (bicyclic) bond motifs is 1. The number of thiazole rings is 1. The van der Waals surface area contributed by atoms with Gasteiger partial charge in [-0.15, -0.1) is 0 Å². The number of esters is 1. The lowest BCUT2D eigenvalue weighted by atomic mass is 10.2. The van der Waals surface area contributed by atoms with Gasteiger partial charge in [-0.05, 0) is 62.5 Å². The van der Waals surface area contributed by atoms with Crippen molar-refractivity contribution in [2.75, 3.05) is 19.5 Å². The Morgan fingerprint density at radius 3 is 2.42 bits per heavy atom. The maximum atomic E-state index is 12.5. The first-order valence-corrected chi connectivity index (χ1v) is 10.5. The Hall–Kier alpha value is -3.24. The molecule has 31 heavy (non-hydrogen) atoms. The second kappa shape index (κ2) is 9.71. The van der Waals surface area contributed by atoms with Gasteiger partial charge in [0.25, 0.3) is 5.91 Å². The van der Waals surface area contributed by atoms with Crippen molar-refractivity contribution >= 4 is 55.9 Å². The van der Waals surface area contributed by atoms with Crippen molar-refractivity contribution in [1.82, 2.24) is 10.3 Å². The highest BCUT2D eigenvalue weighted by atomic mass is 32.1. The van der Waals surface area contributed by atoms with Gasteiger partial charge in [0.05, 0.1) is 36.1 Å². The molecule has 0 fully saturated rings. The van der Waals surface area contributed by atoms with Gasteiger partial charge in [0.15, 0.2) is 21.7 Å². The zero-order valence-electron chi connectivity index (χ0n) is 17.3. The topological polar surface area (TPSA) is 98.8 Å². The second-order valence-electron chi connectivity index (χ2n) is 6.63. The lowest BCUT2D eigenvalue weighted by molar-refractivity contribution is 0.0378. The van der Waals surface area contributed by atoms with Crippen molar-refractivity contribution in [3.8, 4) is 11.5 Å². The number of carbonyl (C=O) groups is 2. The van der Waals surface area contributed by atoms with E-state index in [1.807, 2.05) is 0 Å². The van der Waals surface area contributed by atoms with Gasteiger partial charge in [-0.25, -0.2) is 9.78 Å². The Labute approximate surface area is 188 Å². The molecule has 0 aliphatic carbocycles. The van der Waals surface area contributed by atoms with Crippen molar-refractivity contribution < 1.29 is 23.8 Å². The minimum atomic E-state index is -0.404. The molecule has 10 heteroatoms. The number of carbonyl (C=O) groups excluding carboxylic acids is 2. The van der Waals surface area contributed by atoms with Crippen LogP contribution in [0.15, 0.2) is 36.4 Å². The highest BCUT2D eigenvalue weighted by molar-refractivity contribution is 7.80. The van der Waals surface area contributed by atoms with Crippen LogP contribution in [0.4, 0.5) is 5.13 Å². The lowest BCUT2D eigenvalue weighted by Gasteiger charge is -2.10. The van der Waals surface area contributed by atoms with Crippen LogP contribution in [0, 0.1) is 0 Å². The third-order valence-electron chi connectivity index (χ3n) is 4.06. The molecule has 2 aromatic carbocycles. The van der Waals surface area contributed by atoms with Crippen LogP contribution in [-0.2, 0) is 4.74 Å². The molecule has 3 aromatic rings. The van der Waals surface area contributed by atoms with Crippen LogP contribution in [-0.4, -0.2) is 42.3 Å². The number of ether oxygens (including phenoxy) is 3. The average molecular weight is 460 g/mol. The zero-order chi connectivity index (χ0) is 22.5. The number of hydrogen-bond acceptors (Lipinski definition) is 8. The maximum Gasteiger partial charge on any atom is 0.338 e. The monoisotopic (exact) mass is 459 g/mol. The van der Waals surface area contributed by atoms with Gasteiger partial charge >= 0.3 is 5.97 Å². The standard InChI is InChI=1S/C21H21N3O5S2/c1-11(2)29-19(26)13-5-7-14-17(10-13)31-21(22-14)24-20(30)23-18(25)12-6-8-15(27-3)16(9-12)28-4/h5-11H,1-4H3,(H2,22,23,24,25,30). The fraction of sp³-hybridized carbons (Fsp3) is 0.238. The SMILES string of the molecule is COc1ccc(C(=O)NC(=S)Nc2nc3ccc(C(=O)OC(C)C)cc3s2)cc1OC. The van der Waals surface area contributed by atoms with Crippen molar-refractivity contribution in [1.29, 1.82) is 0 Å².